The van der Waals surface area contributed by atoms with Gasteiger partial charge in [0.1, 0.15) is 0 Å². The van der Waals surface area contributed by atoms with Crippen LogP contribution in [0.15, 0.2) is 125 Å². The molecule has 0 aromatic heterocycles. The summed E-state index contributed by atoms with van der Waals surface area (Å²) < 4.78 is 29.3. The molecule has 5 rings (SSSR count). The summed E-state index contributed by atoms with van der Waals surface area (Å²) in [5, 5.41) is 0. The highest BCUT2D eigenvalue weighted by Crippen LogP contribution is 2.38. The molecule has 4 aromatic carbocycles. The van der Waals surface area contributed by atoms with Crippen molar-refractivity contribution in [3.8, 4) is 0 Å². The molecule has 1 aliphatic rings. The second kappa shape index (κ2) is 9.15. The summed E-state index contributed by atoms with van der Waals surface area (Å²) in [5.41, 5.74) is 3.60. The molecule has 1 heterocycles. The first kappa shape index (κ1) is 21.9. The molecule has 0 saturated carbocycles. The predicted octanol–water partition coefficient (Wildman–Crippen LogP) is 5.93. The van der Waals surface area contributed by atoms with E-state index in [1.165, 1.54) is 4.31 Å². The number of nitrogens with zero attached hydrogens (tertiary/aromatic N) is 3. The van der Waals surface area contributed by atoms with Gasteiger partial charge in [-0.25, -0.2) is 17.7 Å². The summed E-state index contributed by atoms with van der Waals surface area (Å²) in [6.45, 7) is 2.19. The highest BCUT2D eigenvalue weighted by molar-refractivity contribution is 7.89. The normalized spacial score (nSPS) is 17.3. The van der Waals surface area contributed by atoms with E-state index in [1.807, 2.05) is 115 Å². The molecule has 0 amide bonds. The fourth-order valence-electron chi connectivity index (χ4n) is 4.16. The highest BCUT2D eigenvalue weighted by atomic mass is 32.2. The topological polar surface area (TPSA) is 53.0 Å². The van der Waals surface area contributed by atoms with E-state index >= 15 is 0 Å². The number of rotatable bonds is 5. The van der Waals surface area contributed by atoms with Gasteiger partial charge in [0.15, 0.2) is 0 Å². The van der Waals surface area contributed by atoms with E-state index in [-0.39, 0.29) is 17.5 Å². The maximum atomic E-state index is 13.9. The van der Waals surface area contributed by atoms with E-state index in [0.717, 1.165) is 16.8 Å². The lowest BCUT2D eigenvalue weighted by atomic mass is 10.1. The van der Waals surface area contributed by atoms with Crippen molar-refractivity contribution in [2.45, 2.75) is 17.9 Å². The molecule has 6 heteroatoms. The van der Waals surface area contributed by atoms with Crippen LogP contribution in [0, 0.1) is 6.92 Å². The standard InChI is InChI=1S/C28H25N3O2S/c1-22-17-19-26(20-18-22)34(32,33)30-21-27(23-11-5-2-6-12-23)31(25-15-9-4-10-16-25)28(30)29-24-13-7-3-8-14-24/h2-20,27H,21H2,1H3. The van der Waals surface area contributed by atoms with Crippen molar-refractivity contribution in [1.29, 1.82) is 0 Å². The fourth-order valence-corrected chi connectivity index (χ4v) is 5.58. The van der Waals surface area contributed by atoms with Crippen molar-refractivity contribution in [1.82, 2.24) is 4.31 Å². The Hall–Kier alpha value is -3.90. The summed E-state index contributed by atoms with van der Waals surface area (Å²) in [5.74, 6) is 0.381. The molecule has 0 spiro atoms. The summed E-state index contributed by atoms with van der Waals surface area (Å²) in [4.78, 5) is 7.14. The van der Waals surface area contributed by atoms with E-state index in [4.69, 9.17) is 4.99 Å². The van der Waals surface area contributed by atoms with Crippen LogP contribution in [0.3, 0.4) is 0 Å². The van der Waals surface area contributed by atoms with Crippen molar-refractivity contribution in [3.63, 3.8) is 0 Å². The Morgan fingerprint density at radius 2 is 1.29 bits per heavy atom. The monoisotopic (exact) mass is 467 g/mol. The second-order valence-electron chi connectivity index (χ2n) is 8.23. The third-order valence-electron chi connectivity index (χ3n) is 5.90. The average molecular weight is 468 g/mol. The summed E-state index contributed by atoms with van der Waals surface area (Å²) in [6.07, 6.45) is 0. The Labute approximate surface area is 200 Å². The zero-order valence-corrected chi connectivity index (χ0v) is 19.6. The molecular formula is C28H25N3O2S. The van der Waals surface area contributed by atoms with Crippen LogP contribution in [-0.4, -0.2) is 25.2 Å². The zero-order chi connectivity index (χ0) is 23.5. The molecule has 1 saturated heterocycles. The molecule has 170 valence electrons. The Morgan fingerprint density at radius 1 is 0.735 bits per heavy atom. The molecule has 0 aliphatic carbocycles. The van der Waals surface area contributed by atoms with E-state index in [2.05, 4.69) is 0 Å². The van der Waals surface area contributed by atoms with E-state index < -0.39 is 10.0 Å². The Balaban J connectivity index is 1.71. The number of para-hydroxylation sites is 2. The lowest BCUT2D eigenvalue weighted by Gasteiger charge is -2.26. The molecule has 5 nitrogen and oxygen atoms in total. The Kier molecular flexibility index (Phi) is 5.90. The van der Waals surface area contributed by atoms with Crippen LogP contribution in [-0.2, 0) is 10.0 Å². The molecule has 1 aliphatic heterocycles. The molecule has 1 atom stereocenters. The van der Waals surface area contributed by atoms with Gasteiger partial charge in [0.05, 0.1) is 23.2 Å². The maximum absolute atomic E-state index is 13.9. The molecular weight excluding hydrogens is 442 g/mol. The molecule has 0 N–H and O–H groups in total. The van der Waals surface area contributed by atoms with Crippen molar-refractivity contribution in [2.75, 3.05) is 11.4 Å². The quantitative estimate of drug-likeness (QED) is 0.365. The van der Waals surface area contributed by atoms with Gasteiger partial charge in [-0.1, -0.05) is 84.4 Å². The fraction of sp³-hybridized carbons (Fsp3) is 0.107. The number of anilines is 1. The van der Waals surface area contributed by atoms with Gasteiger partial charge in [-0.3, -0.25) is 0 Å². The molecule has 0 bridgehead atoms. The first-order chi connectivity index (χ1) is 16.5. The van der Waals surface area contributed by atoms with Gasteiger partial charge in [0, 0.05) is 5.69 Å². The van der Waals surface area contributed by atoms with Crippen LogP contribution in [0.4, 0.5) is 11.4 Å². The van der Waals surface area contributed by atoms with Crippen molar-refractivity contribution in [2.24, 2.45) is 4.99 Å². The first-order valence-corrected chi connectivity index (χ1v) is 12.6. The van der Waals surface area contributed by atoms with Crippen LogP contribution in [0.1, 0.15) is 17.2 Å². The van der Waals surface area contributed by atoms with Crippen LogP contribution >= 0.6 is 0 Å². The lowest BCUT2D eigenvalue weighted by molar-refractivity contribution is 0.526. The minimum absolute atomic E-state index is 0.230. The predicted molar refractivity (Wildman–Crippen MR) is 137 cm³/mol. The van der Waals surface area contributed by atoms with Crippen LogP contribution in [0.5, 0.6) is 0 Å². The number of hydrogen-bond acceptors (Lipinski definition) is 3. The van der Waals surface area contributed by atoms with Gasteiger partial charge < -0.3 is 4.90 Å². The number of aryl methyl sites for hydroxylation is 1. The van der Waals surface area contributed by atoms with Crippen LogP contribution < -0.4 is 4.90 Å². The van der Waals surface area contributed by atoms with Crippen molar-refractivity contribution >= 4 is 27.4 Å². The largest absolute Gasteiger partial charge is 0.302 e. The molecule has 1 fully saturated rings. The van der Waals surface area contributed by atoms with Gasteiger partial charge in [0.25, 0.3) is 10.0 Å². The minimum atomic E-state index is -3.85. The average Bonchev–Trinajstić information content (AvgIpc) is 3.26. The Bertz CT molecular complexity index is 1390. The van der Waals surface area contributed by atoms with E-state index in [9.17, 15) is 8.42 Å². The van der Waals surface area contributed by atoms with Crippen molar-refractivity contribution in [3.05, 3.63) is 126 Å². The van der Waals surface area contributed by atoms with Gasteiger partial charge in [-0.05, 0) is 48.9 Å². The van der Waals surface area contributed by atoms with E-state index in [1.54, 1.807) is 12.1 Å². The van der Waals surface area contributed by atoms with Gasteiger partial charge in [-0.15, -0.1) is 0 Å². The number of benzene rings is 4. The summed E-state index contributed by atoms with van der Waals surface area (Å²) in [7, 11) is -3.85. The minimum Gasteiger partial charge on any atom is -0.302 e. The van der Waals surface area contributed by atoms with Crippen LogP contribution in [0.25, 0.3) is 0 Å². The molecule has 34 heavy (non-hydrogen) atoms. The lowest BCUT2D eigenvalue weighted by Crippen LogP contribution is -2.37. The molecule has 0 radical (unpaired) electrons. The molecule has 1 unspecified atom stereocenters. The van der Waals surface area contributed by atoms with Gasteiger partial charge >= 0.3 is 0 Å². The maximum Gasteiger partial charge on any atom is 0.266 e. The smallest absolute Gasteiger partial charge is 0.266 e. The number of hydrogen-bond donors (Lipinski definition) is 0. The number of sulfonamides is 1. The second-order valence-corrected chi connectivity index (χ2v) is 10.1. The SMILES string of the molecule is Cc1ccc(S(=O)(=O)N2CC(c3ccccc3)N(c3ccccc3)C2=Nc2ccccc2)cc1. The zero-order valence-electron chi connectivity index (χ0n) is 18.8. The summed E-state index contributed by atoms with van der Waals surface area (Å²) in [6, 6.07) is 36.0. The highest BCUT2D eigenvalue weighted by Gasteiger charge is 2.43. The summed E-state index contributed by atoms with van der Waals surface area (Å²) >= 11 is 0. The van der Waals surface area contributed by atoms with E-state index in [0.29, 0.717) is 11.6 Å². The third kappa shape index (κ3) is 4.20. The van der Waals surface area contributed by atoms with Gasteiger partial charge in [0.2, 0.25) is 5.96 Å². The van der Waals surface area contributed by atoms with Crippen molar-refractivity contribution < 1.29 is 8.42 Å². The first-order valence-electron chi connectivity index (χ1n) is 11.2. The number of guanidine groups is 1. The molecule has 4 aromatic rings. The van der Waals surface area contributed by atoms with Crippen LogP contribution in [0.2, 0.25) is 0 Å². The third-order valence-corrected chi connectivity index (χ3v) is 7.66. The van der Waals surface area contributed by atoms with Gasteiger partial charge in [-0.2, -0.15) is 0 Å². The number of aliphatic imine (C=N–C) groups is 1. The Morgan fingerprint density at radius 3 is 1.91 bits per heavy atom.